The highest BCUT2D eigenvalue weighted by Crippen LogP contribution is 2.22. The van der Waals surface area contributed by atoms with E-state index in [9.17, 15) is 30.0 Å². The second-order valence-corrected chi connectivity index (χ2v) is 13.0. The van der Waals surface area contributed by atoms with Gasteiger partial charge in [-0.25, -0.2) is 21.6 Å². The van der Waals surface area contributed by atoms with Crippen LogP contribution in [0.4, 0.5) is 13.2 Å². The van der Waals surface area contributed by atoms with Gasteiger partial charge in [-0.05, 0) is 49.4 Å². The Morgan fingerprint density at radius 3 is 2.15 bits per heavy atom. The first-order chi connectivity index (χ1) is 18.1. The second kappa shape index (κ2) is 14.2. The number of hydrogen-bond donors (Lipinski definition) is 2. The number of carboxylic acid groups (broad SMARTS) is 1. The number of aryl methyl sites for hydroxylation is 3. The molecule has 0 bridgehead atoms. The lowest BCUT2D eigenvalue weighted by atomic mass is 10.1. The van der Waals surface area contributed by atoms with E-state index in [0.29, 0.717) is 38.2 Å². The van der Waals surface area contributed by atoms with Gasteiger partial charge in [0, 0.05) is 39.3 Å². The number of halogens is 3. The van der Waals surface area contributed by atoms with Crippen molar-refractivity contribution in [3.05, 3.63) is 65.2 Å². The van der Waals surface area contributed by atoms with Gasteiger partial charge in [0.05, 0.1) is 10.6 Å². The monoisotopic (exact) mass is 593 g/mol. The minimum absolute atomic E-state index is 0.0588. The summed E-state index contributed by atoms with van der Waals surface area (Å²) in [7, 11) is -7.35. The molecule has 0 aromatic heterocycles. The van der Waals surface area contributed by atoms with Crippen LogP contribution < -0.4 is 5.32 Å². The van der Waals surface area contributed by atoms with Crippen molar-refractivity contribution < 1.29 is 39.9 Å². The first kappa shape index (κ1) is 32.7. The van der Waals surface area contributed by atoms with Crippen LogP contribution in [0.15, 0.2) is 53.4 Å². The maximum absolute atomic E-state index is 13.5. The Kier molecular flexibility index (Phi) is 11.9. The van der Waals surface area contributed by atoms with E-state index < -0.39 is 32.2 Å². The van der Waals surface area contributed by atoms with Gasteiger partial charge >= 0.3 is 12.1 Å². The van der Waals surface area contributed by atoms with E-state index in [4.69, 9.17) is 9.90 Å². The molecule has 0 unspecified atom stereocenters. The van der Waals surface area contributed by atoms with E-state index in [2.05, 4.69) is 5.32 Å². The number of carbonyl (C=O) groups is 1. The van der Waals surface area contributed by atoms with Crippen LogP contribution in [0.2, 0.25) is 0 Å². The third-order valence-corrected chi connectivity index (χ3v) is 9.88. The van der Waals surface area contributed by atoms with Crippen molar-refractivity contribution in [1.82, 2.24) is 13.9 Å². The number of sulfonamides is 2. The first-order valence-corrected chi connectivity index (χ1v) is 15.3. The molecule has 14 heteroatoms. The van der Waals surface area contributed by atoms with Gasteiger partial charge in [0.1, 0.15) is 0 Å². The number of rotatable bonds is 10. The van der Waals surface area contributed by atoms with E-state index in [-0.39, 0.29) is 23.7 Å². The minimum Gasteiger partial charge on any atom is -0.475 e. The van der Waals surface area contributed by atoms with Crippen LogP contribution >= 0.6 is 0 Å². The Labute approximate surface area is 227 Å². The molecule has 39 heavy (non-hydrogen) atoms. The summed E-state index contributed by atoms with van der Waals surface area (Å²) in [5.74, 6) is -2.98. The number of nitrogens with zero attached hydrogens (tertiary/aromatic N) is 2. The quantitative estimate of drug-likeness (QED) is 0.434. The SMILES string of the molecule is Cc1ccc(C)c(S(=O)(=O)N(CCCc2ccccc2)CCS(=O)(=O)N2CCNCC2)c1.O=C(O)C(F)(F)F. The average Bonchev–Trinajstić information content (AvgIpc) is 2.88. The zero-order valence-electron chi connectivity index (χ0n) is 21.8. The topological polar surface area (TPSA) is 124 Å². The van der Waals surface area contributed by atoms with Gasteiger partial charge in [-0.15, -0.1) is 0 Å². The second-order valence-electron chi connectivity index (χ2n) is 9.03. The summed E-state index contributed by atoms with van der Waals surface area (Å²) in [6.07, 6.45) is -3.74. The predicted octanol–water partition coefficient (Wildman–Crippen LogP) is 2.80. The Bertz CT molecular complexity index is 1300. The molecule has 0 spiro atoms. The molecule has 0 amide bonds. The molecule has 9 nitrogen and oxygen atoms in total. The lowest BCUT2D eigenvalue weighted by Crippen LogP contribution is -2.48. The van der Waals surface area contributed by atoms with Gasteiger partial charge in [0.15, 0.2) is 0 Å². The van der Waals surface area contributed by atoms with Crippen molar-refractivity contribution in [2.45, 2.75) is 37.8 Å². The maximum Gasteiger partial charge on any atom is 0.490 e. The van der Waals surface area contributed by atoms with Crippen LogP contribution in [-0.4, -0.2) is 87.7 Å². The molecule has 0 saturated carbocycles. The van der Waals surface area contributed by atoms with Crippen LogP contribution in [0.25, 0.3) is 0 Å². The van der Waals surface area contributed by atoms with Gasteiger partial charge in [-0.2, -0.15) is 21.8 Å². The van der Waals surface area contributed by atoms with Gasteiger partial charge in [0.25, 0.3) is 0 Å². The summed E-state index contributed by atoms with van der Waals surface area (Å²) in [6.45, 7) is 5.89. The highest BCUT2D eigenvalue weighted by Gasteiger charge is 2.38. The van der Waals surface area contributed by atoms with Crippen molar-refractivity contribution >= 4 is 26.0 Å². The Hall–Kier alpha value is -2.52. The Morgan fingerprint density at radius 1 is 1.00 bits per heavy atom. The summed E-state index contributed by atoms with van der Waals surface area (Å²) in [4.78, 5) is 9.14. The zero-order valence-corrected chi connectivity index (χ0v) is 23.4. The fourth-order valence-corrected chi connectivity index (χ4v) is 7.20. The van der Waals surface area contributed by atoms with Gasteiger partial charge in [-0.1, -0.05) is 42.5 Å². The number of alkyl halides is 3. The molecular weight excluding hydrogens is 559 g/mol. The molecule has 2 N–H and O–H groups in total. The van der Waals surface area contributed by atoms with Crippen LogP contribution in [0.1, 0.15) is 23.1 Å². The first-order valence-electron chi connectivity index (χ1n) is 12.2. The maximum atomic E-state index is 13.5. The van der Waals surface area contributed by atoms with Crippen molar-refractivity contribution in [3.63, 3.8) is 0 Å². The van der Waals surface area contributed by atoms with Gasteiger partial charge in [-0.3, -0.25) is 0 Å². The van der Waals surface area contributed by atoms with E-state index in [1.165, 1.54) is 8.61 Å². The number of hydrogen-bond acceptors (Lipinski definition) is 6. The molecule has 1 heterocycles. The zero-order chi connectivity index (χ0) is 29.3. The number of aliphatic carboxylic acids is 1. The summed E-state index contributed by atoms with van der Waals surface area (Å²) in [6, 6.07) is 15.2. The van der Waals surface area contributed by atoms with Crippen LogP contribution in [0.5, 0.6) is 0 Å². The molecule has 218 valence electrons. The van der Waals surface area contributed by atoms with E-state index in [1.54, 1.807) is 19.1 Å². The molecule has 2 aromatic rings. The number of benzene rings is 2. The number of carboxylic acids is 1. The normalized spacial score (nSPS) is 15.0. The fraction of sp³-hybridized carbons (Fsp3) is 0.480. The highest BCUT2D eigenvalue weighted by molar-refractivity contribution is 7.90. The molecule has 0 aliphatic carbocycles. The molecule has 0 radical (unpaired) electrons. The molecule has 1 aliphatic heterocycles. The van der Waals surface area contributed by atoms with E-state index >= 15 is 0 Å². The van der Waals surface area contributed by atoms with E-state index in [1.807, 2.05) is 43.3 Å². The van der Waals surface area contributed by atoms with Gasteiger partial charge in [0.2, 0.25) is 20.0 Å². The third-order valence-electron chi connectivity index (χ3n) is 5.99. The largest absolute Gasteiger partial charge is 0.490 e. The van der Waals surface area contributed by atoms with Gasteiger partial charge < -0.3 is 10.4 Å². The van der Waals surface area contributed by atoms with Crippen LogP contribution in [0, 0.1) is 13.8 Å². The average molecular weight is 594 g/mol. The Morgan fingerprint density at radius 2 is 1.59 bits per heavy atom. The van der Waals surface area contributed by atoms with Crippen molar-refractivity contribution in [2.24, 2.45) is 0 Å². The molecular formula is C25H34F3N3O6S2. The van der Waals surface area contributed by atoms with Crippen molar-refractivity contribution in [2.75, 3.05) is 45.0 Å². The summed E-state index contributed by atoms with van der Waals surface area (Å²) in [5, 5.41) is 10.3. The minimum atomic E-state index is -5.08. The lowest BCUT2D eigenvalue weighted by molar-refractivity contribution is -0.192. The van der Waals surface area contributed by atoms with Crippen molar-refractivity contribution in [3.8, 4) is 0 Å². The summed E-state index contributed by atoms with van der Waals surface area (Å²) >= 11 is 0. The smallest absolute Gasteiger partial charge is 0.475 e. The molecule has 3 rings (SSSR count). The lowest BCUT2D eigenvalue weighted by Gasteiger charge is -2.28. The fourth-order valence-electron chi connectivity index (χ4n) is 3.85. The molecule has 2 aromatic carbocycles. The van der Waals surface area contributed by atoms with E-state index in [0.717, 1.165) is 17.5 Å². The predicted molar refractivity (Wildman–Crippen MR) is 141 cm³/mol. The molecule has 1 saturated heterocycles. The molecule has 0 atom stereocenters. The third kappa shape index (κ3) is 10.2. The summed E-state index contributed by atoms with van der Waals surface area (Å²) < 4.78 is 87.3. The van der Waals surface area contributed by atoms with Crippen LogP contribution in [0.3, 0.4) is 0 Å². The van der Waals surface area contributed by atoms with Crippen molar-refractivity contribution in [1.29, 1.82) is 0 Å². The number of piperazine rings is 1. The molecule has 1 fully saturated rings. The van der Waals surface area contributed by atoms with Crippen LogP contribution in [-0.2, 0) is 31.3 Å². The molecule has 1 aliphatic rings. The number of nitrogens with one attached hydrogen (secondary N) is 1. The Balaban J connectivity index is 0.000000673. The summed E-state index contributed by atoms with van der Waals surface area (Å²) in [5.41, 5.74) is 2.64. The standard InChI is InChI=1S/C23H33N3O4S2.C2HF3O2/c1-20-10-11-21(2)23(19-20)32(29,30)26(14-6-9-22-7-4-3-5-8-22)17-18-31(27,28)25-15-12-24-13-16-25;3-2(4,5)1(6)7/h3-5,7-8,10-11,19,24H,6,9,12-18H2,1-2H3;(H,6,7). The highest BCUT2D eigenvalue weighted by atomic mass is 32.2.